The molecule has 3 N–H and O–H groups in total. The molecule has 1 aromatic rings. The van der Waals surface area contributed by atoms with Crippen LogP contribution >= 0.6 is 11.5 Å². The van der Waals surface area contributed by atoms with Gasteiger partial charge in [0.2, 0.25) is 5.13 Å². The summed E-state index contributed by atoms with van der Waals surface area (Å²) in [6, 6.07) is 0. The number of hydrogen-bond acceptors (Lipinski definition) is 5. The van der Waals surface area contributed by atoms with Gasteiger partial charge in [-0.3, -0.25) is 0 Å². The molecule has 0 aliphatic heterocycles. The molecule has 1 aliphatic carbocycles. The minimum atomic E-state index is 0.0288. The molecular formula is C14H26N4S. The summed E-state index contributed by atoms with van der Waals surface area (Å²) in [7, 11) is 0. The summed E-state index contributed by atoms with van der Waals surface area (Å²) in [6.45, 7) is 8.23. The van der Waals surface area contributed by atoms with Crippen LogP contribution in [0.2, 0.25) is 0 Å². The third kappa shape index (κ3) is 3.89. The summed E-state index contributed by atoms with van der Waals surface area (Å²) in [5.74, 6) is 2.30. The molecule has 0 spiro atoms. The van der Waals surface area contributed by atoms with Crippen LogP contribution in [0, 0.1) is 11.8 Å². The molecular weight excluding hydrogens is 256 g/mol. The Morgan fingerprint density at radius 3 is 2.53 bits per heavy atom. The van der Waals surface area contributed by atoms with Crippen LogP contribution in [-0.2, 0) is 5.41 Å². The highest BCUT2D eigenvalue weighted by atomic mass is 32.1. The van der Waals surface area contributed by atoms with Crippen molar-refractivity contribution in [3.05, 3.63) is 5.82 Å². The molecule has 1 aromatic heterocycles. The van der Waals surface area contributed by atoms with Crippen LogP contribution in [0.4, 0.5) is 5.13 Å². The summed E-state index contributed by atoms with van der Waals surface area (Å²) < 4.78 is 4.43. The van der Waals surface area contributed by atoms with Gasteiger partial charge in [-0.1, -0.05) is 33.6 Å². The van der Waals surface area contributed by atoms with Crippen molar-refractivity contribution in [3.8, 4) is 0 Å². The highest BCUT2D eigenvalue weighted by Crippen LogP contribution is 2.30. The molecule has 0 amide bonds. The normalized spacial score (nSPS) is 24.4. The van der Waals surface area contributed by atoms with Gasteiger partial charge < -0.3 is 11.1 Å². The van der Waals surface area contributed by atoms with Gasteiger partial charge in [-0.25, -0.2) is 4.98 Å². The second kappa shape index (κ2) is 6.18. The van der Waals surface area contributed by atoms with Gasteiger partial charge >= 0.3 is 0 Å². The van der Waals surface area contributed by atoms with E-state index in [1.54, 1.807) is 0 Å². The van der Waals surface area contributed by atoms with Gasteiger partial charge in [0.05, 0.1) is 0 Å². The summed E-state index contributed by atoms with van der Waals surface area (Å²) >= 11 is 1.47. The van der Waals surface area contributed by atoms with E-state index in [-0.39, 0.29) is 5.41 Å². The van der Waals surface area contributed by atoms with Crippen LogP contribution in [-0.4, -0.2) is 22.4 Å². The maximum atomic E-state index is 5.87. The van der Waals surface area contributed by atoms with Gasteiger partial charge in [-0.05, 0) is 31.2 Å². The van der Waals surface area contributed by atoms with Crippen molar-refractivity contribution in [2.75, 3.05) is 18.4 Å². The fourth-order valence-corrected chi connectivity index (χ4v) is 3.44. The lowest BCUT2D eigenvalue weighted by Gasteiger charge is -2.30. The summed E-state index contributed by atoms with van der Waals surface area (Å²) in [4.78, 5) is 4.58. The van der Waals surface area contributed by atoms with Gasteiger partial charge in [0.15, 0.2) is 0 Å². The van der Waals surface area contributed by atoms with Crippen LogP contribution in [0.1, 0.15) is 52.3 Å². The van der Waals surface area contributed by atoms with Gasteiger partial charge in [0.1, 0.15) is 5.82 Å². The topological polar surface area (TPSA) is 63.8 Å². The zero-order valence-corrected chi connectivity index (χ0v) is 13.1. The fourth-order valence-electron chi connectivity index (χ4n) is 2.68. The molecule has 19 heavy (non-hydrogen) atoms. The predicted molar refractivity (Wildman–Crippen MR) is 81.6 cm³/mol. The first-order valence-corrected chi connectivity index (χ1v) is 8.06. The average Bonchev–Trinajstić information content (AvgIpc) is 2.85. The van der Waals surface area contributed by atoms with E-state index in [0.29, 0.717) is 11.8 Å². The molecule has 0 saturated heterocycles. The number of hydrogen-bond donors (Lipinski definition) is 2. The van der Waals surface area contributed by atoms with E-state index in [1.807, 2.05) is 0 Å². The van der Waals surface area contributed by atoms with Crippen LogP contribution in [0.3, 0.4) is 0 Å². The van der Waals surface area contributed by atoms with E-state index in [2.05, 4.69) is 35.4 Å². The van der Waals surface area contributed by atoms with Crippen molar-refractivity contribution in [1.82, 2.24) is 9.36 Å². The number of aromatic nitrogens is 2. The molecule has 2 rings (SSSR count). The Bertz CT molecular complexity index is 396. The SMILES string of the molecule is CC(C)(C)c1nsc(NCC2CCCCC2CN)n1. The van der Waals surface area contributed by atoms with Crippen molar-refractivity contribution in [2.24, 2.45) is 17.6 Å². The van der Waals surface area contributed by atoms with E-state index in [0.717, 1.165) is 24.0 Å². The third-order valence-corrected chi connectivity index (χ3v) is 4.65. The van der Waals surface area contributed by atoms with Crippen LogP contribution in [0.5, 0.6) is 0 Å². The monoisotopic (exact) mass is 282 g/mol. The Morgan fingerprint density at radius 1 is 1.26 bits per heavy atom. The van der Waals surface area contributed by atoms with Crippen molar-refractivity contribution < 1.29 is 0 Å². The predicted octanol–water partition coefficient (Wildman–Crippen LogP) is 3.01. The lowest BCUT2D eigenvalue weighted by atomic mass is 9.79. The number of anilines is 1. The second-order valence-corrected chi connectivity index (χ2v) is 7.35. The molecule has 0 bridgehead atoms. The maximum Gasteiger partial charge on any atom is 0.202 e. The highest BCUT2D eigenvalue weighted by molar-refractivity contribution is 7.09. The van der Waals surface area contributed by atoms with Crippen LogP contribution in [0.25, 0.3) is 0 Å². The van der Waals surface area contributed by atoms with Gasteiger partial charge in [0.25, 0.3) is 0 Å². The molecule has 4 nitrogen and oxygen atoms in total. The zero-order valence-electron chi connectivity index (χ0n) is 12.3. The standard InChI is InChI=1S/C14H26N4S/c1-14(2,3)12-17-13(19-18-12)16-9-11-7-5-4-6-10(11)8-15/h10-11H,4-9,15H2,1-3H3,(H,16,17,18). The van der Waals surface area contributed by atoms with Crippen LogP contribution < -0.4 is 11.1 Å². The summed E-state index contributed by atoms with van der Waals surface area (Å²) in [6.07, 6.45) is 5.25. The van der Waals surface area contributed by atoms with Gasteiger partial charge in [-0.15, -0.1) is 0 Å². The largest absolute Gasteiger partial charge is 0.360 e. The molecule has 5 heteroatoms. The van der Waals surface area contributed by atoms with Crippen molar-refractivity contribution in [1.29, 1.82) is 0 Å². The number of rotatable bonds is 4. The number of nitrogens with zero attached hydrogens (tertiary/aromatic N) is 2. The molecule has 1 saturated carbocycles. The lowest BCUT2D eigenvalue weighted by Crippen LogP contribution is -2.31. The van der Waals surface area contributed by atoms with E-state index < -0.39 is 0 Å². The summed E-state index contributed by atoms with van der Waals surface area (Å²) in [5, 5.41) is 4.41. The van der Waals surface area contributed by atoms with Crippen molar-refractivity contribution in [2.45, 2.75) is 51.9 Å². The molecule has 1 aliphatic rings. The molecule has 108 valence electrons. The lowest BCUT2D eigenvalue weighted by molar-refractivity contribution is 0.255. The fraction of sp³-hybridized carbons (Fsp3) is 0.857. The number of nitrogens with two attached hydrogens (primary N) is 1. The van der Waals surface area contributed by atoms with Crippen molar-refractivity contribution in [3.63, 3.8) is 0 Å². The Hall–Kier alpha value is -0.680. The minimum Gasteiger partial charge on any atom is -0.360 e. The van der Waals surface area contributed by atoms with Crippen LogP contribution in [0.15, 0.2) is 0 Å². The zero-order chi connectivity index (χ0) is 13.9. The quantitative estimate of drug-likeness (QED) is 0.891. The van der Waals surface area contributed by atoms with Crippen molar-refractivity contribution >= 4 is 16.7 Å². The molecule has 1 heterocycles. The minimum absolute atomic E-state index is 0.0288. The molecule has 0 radical (unpaired) electrons. The van der Waals surface area contributed by atoms with Gasteiger partial charge in [-0.2, -0.15) is 4.37 Å². The first kappa shape index (κ1) is 14.7. The van der Waals surface area contributed by atoms with E-state index in [4.69, 9.17) is 5.73 Å². The second-order valence-electron chi connectivity index (χ2n) is 6.59. The van der Waals surface area contributed by atoms with E-state index in [9.17, 15) is 0 Å². The Kier molecular flexibility index (Phi) is 4.79. The molecule has 2 unspecified atom stereocenters. The first-order valence-electron chi connectivity index (χ1n) is 7.29. The average molecular weight is 282 g/mol. The van der Waals surface area contributed by atoms with Gasteiger partial charge in [0, 0.05) is 23.5 Å². The molecule has 0 aromatic carbocycles. The number of nitrogens with one attached hydrogen (secondary N) is 1. The highest BCUT2D eigenvalue weighted by Gasteiger charge is 2.24. The Balaban J connectivity index is 1.89. The third-order valence-electron chi connectivity index (χ3n) is 3.98. The summed E-state index contributed by atoms with van der Waals surface area (Å²) in [5.41, 5.74) is 5.90. The first-order chi connectivity index (χ1) is 9.00. The Labute approximate surface area is 120 Å². The maximum absolute atomic E-state index is 5.87. The molecule has 2 atom stereocenters. The molecule has 1 fully saturated rings. The Morgan fingerprint density at radius 2 is 1.95 bits per heavy atom. The van der Waals surface area contributed by atoms with E-state index >= 15 is 0 Å². The smallest absolute Gasteiger partial charge is 0.202 e. The van der Waals surface area contributed by atoms with E-state index in [1.165, 1.54) is 37.2 Å².